The van der Waals surface area contributed by atoms with Gasteiger partial charge in [0, 0.05) is 19.1 Å². The van der Waals surface area contributed by atoms with E-state index in [0.717, 1.165) is 6.42 Å². The van der Waals surface area contributed by atoms with E-state index in [9.17, 15) is 18.3 Å². The van der Waals surface area contributed by atoms with Gasteiger partial charge in [0.05, 0.1) is 13.2 Å². The number of ether oxygens (including phenoxy) is 1. The quantitative estimate of drug-likeness (QED) is 0.706. The minimum atomic E-state index is -3.71. The molecule has 0 bridgehead atoms. The summed E-state index contributed by atoms with van der Waals surface area (Å²) in [6, 6.07) is -1.09. The first-order valence-electron chi connectivity index (χ1n) is 7.08. The minimum absolute atomic E-state index is 0.183. The summed E-state index contributed by atoms with van der Waals surface area (Å²) in [4.78, 5) is 11.9. The van der Waals surface area contributed by atoms with Crippen LogP contribution in [-0.4, -0.2) is 66.5 Å². The average molecular weight is 306 g/mol. The van der Waals surface area contributed by atoms with Crippen molar-refractivity contribution in [1.82, 2.24) is 8.61 Å². The van der Waals surface area contributed by atoms with Crippen LogP contribution in [-0.2, 0) is 19.7 Å². The van der Waals surface area contributed by atoms with E-state index in [1.807, 2.05) is 0 Å². The van der Waals surface area contributed by atoms with Crippen molar-refractivity contribution in [2.45, 2.75) is 44.7 Å². The molecule has 7 nitrogen and oxygen atoms in total. The second-order valence-electron chi connectivity index (χ2n) is 5.12. The molecule has 0 aromatic heterocycles. The Morgan fingerprint density at radius 2 is 1.90 bits per heavy atom. The Hall–Kier alpha value is -0.700. The normalized spacial score (nSPS) is 28.9. The van der Waals surface area contributed by atoms with Gasteiger partial charge in [0.1, 0.15) is 6.04 Å². The lowest BCUT2D eigenvalue weighted by Gasteiger charge is -2.30. The first-order valence-corrected chi connectivity index (χ1v) is 8.48. The molecule has 20 heavy (non-hydrogen) atoms. The van der Waals surface area contributed by atoms with Crippen LogP contribution in [0.1, 0.15) is 32.6 Å². The topological polar surface area (TPSA) is 87.2 Å². The molecule has 2 saturated heterocycles. The summed E-state index contributed by atoms with van der Waals surface area (Å²) in [6.07, 6.45) is 2.55. The summed E-state index contributed by atoms with van der Waals surface area (Å²) in [5.41, 5.74) is 0. The largest absolute Gasteiger partial charge is 0.465 e. The first kappa shape index (κ1) is 15.7. The van der Waals surface area contributed by atoms with Crippen molar-refractivity contribution in [3.05, 3.63) is 0 Å². The highest BCUT2D eigenvalue weighted by molar-refractivity contribution is 7.86. The summed E-state index contributed by atoms with van der Waals surface area (Å²) < 4.78 is 32.8. The zero-order valence-corrected chi connectivity index (χ0v) is 12.5. The van der Waals surface area contributed by atoms with Gasteiger partial charge in [-0.05, 0) is 32.6 Å². The fourth-order valence-corrected chi connectivity index (χ4v) is 4.97. The number of hydrogen-bond donors (Lipinski definition) is 1. The molecule has 8 heteroatoms. The van der Waals surface area contributed by atoms with E-state index in [0.29, 0.717) is 32.4 Å². The zero-order chi connectivity index (χ0) is 14.8. The van der Waals surface area contributed by atoms with Crippen LogP contribution >= 0.6 is 0 Å². The van der Waals surface area contributed by atoms with Crippen molar-refractivity contribution in [3.8, 4) is 0 Å². The Labute approximate surface area is 119 Å². The molecule has 0 aromatic carbocycles. The van der Waals surface area contributed by atoms with E-state index >= 15 is 0 Å². The smallest absolute Gasteiger partial charge is 0.324 e. The summed E-state index contributed by atoms with van der Waals surface area (Å²) in [5.74, 6) is -0.478. The van der Waals surface area contributed by atoms with Crippen LogP contribution < -0.4 is 0 Å². The van der Waals surface area contributed by atoms with Gasteiger partial charge < -0.3 is 9.84 Å². The van der Waals surface area contributed by atoms with E-state index in [2.05, 4.69) is 0 Å². The number of aliphatic hydroxyl groups is 1. The van der Waals surface area contributed by atoms with Crippen molar-refractivity contribution in [1.29, 1.82) is 0 Å². The van der Waals surface area contributed by atoms with Crippen LogP contribution in [0.5, 0.6) is 0 Å². The summed E-state index contributed by atoms with van der Waals surface area (Å²) in [7, 11) is -3.71. The maximum absolute atomic E-state index is 12.7. The van der Waals surface area contributed by atoms with Gasteiger partial charge in [-0.2, -0.15) is 17.0 Å². The Balaban J connectivity index is 2.17. The van der Waals surface area contributed by atoms with Gasteiger partial charge in [0.25, 0.3) is 10.2 Å². The Kier molecular flexibility index (Phi) is 5.00. The van der Waals surface area contributed by atoms with Gasteiger partial charge in [-0.3, -0.25) is 4.79 Å². The number of carbonyl (C=O) groups excluding carboxylic acids is 1. The van der Waals surface area contributed by atoms with Crippen LogP contribution in [0.4, 0.5) is 0 Å². The second kappa shape index (κ2) is 6.38. The van der Waals surface area contributed by atoms with Crippen LogP contribution in [0.2, 0.25) is 0 Å². The number of carbonyl (C=O) groups is 1. The van der Waals surface area contributed by atoms with E-state index < -0.39 is 22.2 Å². The number of hydrogen-bond acceptors (Lipinski definition) is 5. The third-order valence-electron chi connectivity index (χ3n) is 3.89. The number of aliphatic hydroxyl groups excluding tert-OH is 1. The molecule has 2 heterocycles. The van der Waals surface area contributed by atoms with E-state index in [-0.39, 0.29) is 19.3 Å². The molecule has 116 valence electrons. The van der Waals surface area contributed by atoms with Crippen molar-refractivity contribution in [2.75, 3.05) is 26.3 Å². The van der Waals surface area contributed by atoms with Gasteiger partial charge >= 0.3 is 5.97 Å². The lowest BCUT2D eigenvalue weighted by molar-refractivity contribution is -0.146. The highest BCUT2D eigenvalue weighted by atomic mass is 32.2. The molecule has 2 rings (SSSR count). The third kappa shape index (κ3) is 2.83. The molecule has 2 fully saturated rings. The molecule has 0 spiro atoms. The van der Waals surface area contributed by atoms with E-state index in [4.69, 9.17) is 4.74 Å². The SMILES string of the molecule is CCOC(=O)C1CCCN1S(=O)(=O)N1CCC[C@@H]1CO. The van der Waals surface area contributed by atoms with Gasteiger partial charge in [-0.1, -0.05) is 0 Å². The summed E-state index contributed by atoms with van der Waals surface area (Å²) in [6.45, 7) is 2.50. The minimum Gasteiger partial charge on any atom is -0.465 e. The predicted molar refractivity (Wildman–Crippen MR) is 72.1 cm³/mol. The number of nitrogens with zero attached hydrogens (tertiary/aromatic N) is 2. The fraction of sp³-hybridized carbons (Fsp3) is 0.917. The van der Waals surface area contributed by atoms with Crippen LogP contribution in [0.3, 0.4) is 0 Å². The van der Waals surface area contributed by atoms with Crippen LogP contribution in [0.15, 0.2) is 0 Å². The van der Waals surface area contributed by atoms with Crippen LogP contribution in [0, 0.1) is 0 Å². The molecule has 0 radical (unpaired) electrons. The average Bonchev–Trinajstić information content (AvgIpc) is 3.08. The first-order chi connectivity index (χ1) is 9.52. The maximum atomic E-state index is 12.7. The number of esters is 1. The van der Waals surface area contributed by atoms with Crippen molar-refractivity contribution in [2.24, 2.45) is 0 Å². The van der Waals surface area contributed by atoms with Gasteiger partial charge in [0.15, 0.2) is 0 Å². The Bertz CT molecular complexity index is 453. The molecule has 1 unspecified atom stereocenters. The monoisotopic (exact) mass is 306 g/mol. The second-order valence-corrected chi connectivity index (χ2v) is 6.95. The van der Waals surface area contributed by atoms with Gasteiger partial charge in [-0.15, -0.1) is 0 Å². The summed E-state index contributed by atoms with van der Waals surface area (Å²) >= 11 is 0. The maximum Gasteiger partial charge on any atom is 0.324 e. The van der Waals surface area contributed by atoms with Crippen LogP contribution in [0.25, 0.3) is 0 Å². The van der Waals surface area contributed by atoms with Crippen molar-refractivity contribution >= 4 is 16.2 Å². The molecule has 2 aliphatic rings. The summed E-state index contributed by atoms with van der Waals surface area (Å²) in [5, 5.41) is 9.29. The molecular weight excluding hydrogens is 284 g/mol. The highest BCUT2D eigenvalue weighted by Crippen LogP contribution is 2.29. The zero-order valence-electron chi connectivity index (χ0n) is 11.7. The van der Waals surface area contributed by atoms with Gasteiger partial charge in [0.2, 0.25) is 0 Å². The molecule has 2 atom stereocenters. The Morgan fingerprint density at radius 3 is 2.55 bits per heavy atom. The third-order valence-corrected chi connectivity index (χ3v) is 5.99. The lowest BCUT2D eigenvalue weighted by Crippen LogP contribution is -2.50. The standard InChI is InChI=1S/C12H22N2O5S/c1-2-19-12(16)11-6-4-8-14(11)20(17,18)13-7-3-5-10(13)9-15/h10-11,15H,2-9H2,1H3/t10-,11?/m1/s1. The molecule has 1 N–H and O–H groups in total. The van der Waals surface area contributed by atoms with E-state index in [1.54, 1.807) is 6.92 Å². The van der Waals surface area contributed by atoms with Crippen molar-refractivity contribution in [3.63, 3.8) is 0 Å². The van der Waals surface area contributed by atoms with E-state index in [1.165, 1.54) is 8.61 Å². The fourth-order valence-electron chi connectivity index (χ4n) is 2.92. The molecule has 0 aromatic rings. The lowest BCUT2D eigenvalue weighted by atomic mass is 10.2. The Morgan fingerprint density at radius 1 is 1.25 bits per heavy atom. The number of rotatable bonds is 5. The highest BCUT2D eigenvalue weighted by Gasteiger charge is 2.45. The molecule has 0 amide bonds. The molecule has 0 saturated carbocycles. The van der Waals surface area contributed by atoms with Crippen molar-refractivity contribution < 1.29 is 23.1 Å². The molecular formula is C12H22N2O5S. The predicted octanol–water partition coefficient (Wildman–Crippen LogP) is -0.285. The molecule has 0 aliphatic carbocycles. The van der Waals surface area contributed by atoms with Gasteiger partial charge in [-0.25, -0.2) is 0 Å². The molecule has 2 aliphatic heterocycles.